The average Bonchev–Trinajstić information content (AvgIpc) is 2.28. The highest BCUT2D eigenvalue weighted by molar-refractivity contribution is 7.32. The number of unbranched alkanes of at least 4 members (excludes halogenated alkanes) is 6. The summed E-state index contributed by atoms with van der Waals surface area (Å²) in [5, 5.41) is 0. The highest BCUT2D eigenvalue weighted by atomic mass is 31.1. The molecule has 0 radical (unpaired) electrons. The van der Waals surface area contributed by atoms with E-state index >= 15 is 0 Å². The second-order valence-electron chi connectivity index (χ2n) is 3.84. The molecule has 0 aliphatic rings. The SMILES string of the molecule is CCCC.CCCCCCCCO[P+](=O)O. The first-order chi connectivity index (χ1) is 7.68. The molecule has 0 aromatic heterocycles. The third-order valence-electron chi connectivity index (χ3n) is 2.20. The molecule has 0 aliphatic carbocycles. The van der Waals surface area contributed by atoms with E-state index in [4.69, 9.17) is 4.89 Å². The third kappa shape index (κ3) is 23.7. The van der Waals surface area contributed by atoms with Crippen LogP contribution >= 0.6 is 8.25 Å². The lowest BCUT2D eigenvalue weighted by atomic mass is 10.1. The quantitative estimate of drug-likeness (QED) is 0.472. The standard InChI is InChI=1S/C8H17O3P.C4H10/c1-2-3-4-5-6-7-8-11-12(9)10;1-3-4-2/h2-8H2,1H3;3-4H2,1-2H3/p+1. The highest BCUT2D eigenvalue weighted by Gasteiger charge is 2.09. The van der Waals surface area contributed by atoms with Crippen molar-refractivity contribution in [2.75, 3.05) is 6.61 Å². The monoisotopic (exact) mass is 251 g/mol. The van der Waals surface area contributed by atoms with Crippen LogP contribution in [0, 0.1) is 0 Å². The van der Waals surface area contributed by atoms with Crippen molar-refractivity contribution in [3.8, 4) is 0 Å². The molecule has 1 unspecified atom stereocenters. The van der Waals surface area contributed by atoms with Crippen LogP contribution < -0.4 is 0 Å². The normalized spacial score (nSPS) is 10.6. The van der Waals surface area contributed by atoms with Crippen LogP contribution in [-0.2, 0) is 9.09 Å². The van der Waals surface area contributed by atoms with Gasteiger partial charge in [0.15, 0.2) is 0 Å². The van der Waals surface area contributed by atoms with E-state index in [1.165, 1.54) is 38.5 Å². The maximum absolute atomic E-state index is 10.1. The van der Waals surface area contributed by atoms with Gasteiger partial charge in [0.1, 0.15) is 6.61 Å². The smallest absolute Gasteiger partial charge is 0.133 e. The molecule has 0 rings (SSSR count). The fourth-order valence-electron chi connectivity index (χ4n) is 1.03. The topological polar surface area (TPSA) is 46.5 Å². The molecule has 0 amide bonds. The van der Waals surface area contributed by atoms with Gasteiger partial charge in [-0.3, -0.25) is 0 Å². The van der Waals surface area contributed by atoms with Crippen molar-refractivity contribution in [1.29, 1.82) is 0 Å². The Morgan fingerprint density at radius 3 is 1.81 bits per heavy atom. The van der Waals surface area contributed by atoms with Gasteiger partial charge in [-0.1, -0.05) is 65.7 Å². The Hall–Kier alpha value is 0.0200. The minimum Gasteiger partial charge on any atom is -0.133 e. The maximum atomic E-state index is 10.1. The summed E-state index contributed by atoms with van der Waals surface area (Å²) in [6.45, 7) is 6.96. The van der Waals surface area contributed by atoms with Gasteiger partial charge in [0.2, 0.25) is 0 Å². The van der Waals surface area contributed by atoms with Gasteiger partial charge in [0.25, 0.3) is 0 Å². The lowest BCUT2D eigenvalue weighted by molar-refractivity contribution is 0.273. The summed E-state index contributed by atoms with van der Waals surface area (Å²) in [6, 6.07) is 0. The van der Waals surface area contributed by atoms with Gasteiger partial charge in [-0.15, -0.1) is 9.42 Å². The summed E-state index contributed by atoms with van der Waals surface area (Å²) < 4.78 is 14.6. The molecular weight excluding hydrogens is 223 g/mol. The van der Waals surface area contributed by atoms with Gasteiger partial charge in [0.05, 0.1) is 0 Å². The Labute approximate surface area is 102 Å². The molecule has 0 saturated heterocycles. The van der Waals surface area contributed by atoms with Gasteiger partial charge < -0.3 is 0 Å². The van der Waals surface area contributed by atoms with Crippen molar-refractivity contribution in [2.24, 2.45) is 0 Å². The lowest BCUT2D eigenvalue weighted by Gasteiger charge is -1.96. The summed E-state index contributed by atoms with van der Waals surface area (Å²) in [5.74, 6) is 0. The summed E-state index contributed by atoms with van der Waals surface area (Å²) >= 11 is 0. The molecule has 0 fully saturated rings. The molecule has 0 spiro atoms. The molecule has 16 heavy (non-hydrogen) atoms. The van der Waals surface area contributed by atoms with Gasteiger partial charge in [-0.05, 0) is 6.42 Å². The zero-order chi connectivity index (χ0) is 12.6. The minimum atomic E-state index is -2.38. The van der Waals surface area contributed by atoms with Gasteiger partial charge >= 0.3 is 8.25 Å². The Morgan fingerprint density at radius 2 is 1.38 bits per heavy atom. The van der Waals surface area contributed by atoms with Crippen molar-refractivity contribution in [3.05, 3.63) is 0 Å². The van der Waals surface area contributed by atoms with Crippen LogP contribution in [0.5, 0.6) is 0 Å². The van der Waals surface area contributed by atoms with E-state index in [1.54, 1.807) is 0 Å². The maximum Gasteiger partial charge on any atom is 0.694 e. The average molecular weight is 251 g/mol. The third-order valence-corrected chi connectivity index (χ3v) is 2.60. The molecule has 98 valence electrons. The Kier molecular flexibility index (Phi) is 20.0. The molecule has 3 nitrogen and oxygen atoms in total. The van der Waals surface area contributed by atoms with Crippen LogP contribution in [0.2, 0.25) is 0 Å². The van der Waals surface area contributed by atoms with Crippen LogP contribution in [-0.4, -0.2) is 11.5 Å². The van der Waals surface area contributed by atoms with Crippen LogP contribution in [0.15, 0.2) is 0 Å². The summed E-state index contributed by atoms with van der Waals surface area (Å²) in [4.78, 5) is 8.28. The molecule has 0 aromatic rings. The van der Waals surface area contributed by atoms with Crippen molar-refractivity contribution < 1.29 is 14.0 Å². The molecule has 1 N–H and O–H groups in total. The van der Waals surface area contributed by atoms with E-state index in [0.717, 1.165) is 12.8 Å². The zero-order valence-electron chi connectivity index (χ0n) is 11.1. The first-order valence-electron chi connectivity index (χ1n) is 6.48. The van der Waals surface area contributed by atoms with E-state index in [-0.39, 0.29) is 0 Å². The molecule has 0 bridgehead atoms. The first kappa shape index (κ1) is 18.4. The molecular formula is C12H28O3P+. The second kappa shape index (κ2) is 17.4. The lowest BCUT2D eigenvalue weighted by Crippen LogP contribution is -1.86. The molecule has 1 atom stereocenters. The summed E-state index contributed by atoms with van der Waals surface area (Å²) in [5.41, 5.74) is 0. The fourth-order valence-corrected chi connectivity index (χ4v) is 1.31. The molecule has 0 heterocycles. The molecule has 0 saturated carbocycles. The Balaban J connectivity index is 0. The van der Waals surface area contributed by atoms with Crippen LogP contribution in [0.4, 0.5) is 0 Å². The molecule has 0 aliphatic heterocycles. The summed E-state index contributed by atoms with van der Waals surface area (Å²) in [6.07, 6.45) is 9.64. The van der Waals surface area contributed by atoms with E-state index in [9.17, 15) is 4.57 Å². The zero-order valence-corrected chi connectivity index (χ0v) is 12.0. The Morgan fingerprint density at radius 1 is 0.875 bits per heavy atom. The fraction of sp³-hybridized carbons (Fsp3) is 1.00. The number of rotatable bonds is 9. The van der Waals surface area contributed by atoms with Gasteiger partial charge in [-0.25, -0.2) is 0 Å². The number of hydrogen-bond acceptors (Lipinski definition) is 2. The predicted octanol–water partition coefficient (Wildman–Crippen LogP) is 4.82. The highest BCUT2D eigenvalue weighted by Crippen LogP contribution is 2.15. The van der Waals surface area contributed by atoms with E-state index in [1.807, 2.05) is 0 Å². The second-order valence-corrected chi connectivity index (χ2v) is 4.57. The summed E-state index contributed by atoms with van der Waals surface area (Å²) in [7, 11) is -2.38. The van der Waals surface area contributed by atoms with Gasteiger partial charge in [0, 0.05) is 4.57 Å². The molecule has 0 aromatic carbocycles. The van der Waals surface area contributed by atoms with Crippen LogP contribution in [0.25, 0.3) is 0 Å². The van der Waals surface area contributed by atoms with Crippen molar-refractivity contribution >= 4 is 8.25 Å². The minimum absolute atomic E-state index is 0.415. The number of hydrogen-bond donors (Lipinski definition) is 1. The first-order valence-corrected chi connectivity index (χ1v) is 7.61. The largest absolute Gasteiger partial charge is 0.694 e. The van der Waals surface area contributed by atoms with E-state index in [0.29, 0.717) is 6.61 Å². The van der Waals surface area contributed by atoms with Crippen LogP contribution in [0.3, 0.4) is 0 Å². The van der Waals surface area contributed by atoms with Crippen molar-refractivity contribution in [1.82, 2.24) is 0 Å². The predicted molar refractivity (Wildman–Crippen MR) is 69.7 cm³/mol. The molecule has 4 heteroatoms. The van der Waals surface area contributed by atoms with E-state index < -0.39 is 8.25 Å². The van der Waals surface area contributed by atoms with E-state index in [2.05, 4.69) is 25.3 Å². The van der Waals surface area contributed by atoms with Crippen molar-refractivity contribution in [2.45, 2.75) is 72.1 Å². The van der Waals surface area contributed by atoms with Crippen molar-refractivity contribution in [3.63, 3.8) is 0 Å². The Bertz CT molecular complexity index is 138. The van der Waals surface area contributed by atoms with Crippen LogP contribution in [0.1, 0.15) is 72.1 Å². The van der Waals surface area contributed by atoms with Gasteiger partial charge in [-0.2, -0.15) is 0 Å².